The van der Waals surface area contributed by atoms with E-state index < -0.39 is 0 Å². The first-order valence-electron chi connectivity index (χ1n) is 9.20. The van der Waals surface area contributed by atoms with Crippen LogP contribution in [0.4, 0.5) is 0 Å². The fourth-order valence-electron chi connectivity index (χ4n) is 3.57. The van der Waals surface area contributed by atoms with Crippen LogP contribution in [-0.4, -0.2) is 13.1 Å². The molecule has 138 valence electrons. The summed E-state index contributed by atoms with van der Waals surface area (Å²) in [6.07, 6.45) is 3.29. The normalized spacial score (nSPS) is 18.2. The fraction of sp³-hybridized carbons (Fsp3) is 0.261. The van der Waals surface area contributed by atoms with Crippen molar-refractivity contribution in [2.45, 2.75) is 32.3 Å². The van der Waals surface area contributed by atoms with Gasteiger partial charge in [-0.2, -0.15) is 0 Å². The Balaban J connectivity index is 1.62. The molecule has 4 heteroatoms. The molecule has 4 nitrogen and oxygen atoms in total. The summed E-state index contributed by atoms with van der Waals surface area (Å²) in [5, 5.41) is 0. The molecule has 1 atom stereocenters. The number of carbonyl (C=O) groups is 1. The second-order valence-electron chi connectivity index (χ2n) is 6.73. The second kappa shape index (κ2) is 7.31. The van der Waals surface area contributed by atoms with Crippen LogP contribution in [0.5, 0.6) is 0 Å². The maximum atomic E-state index is 12.5. The van der Waals surface area contributed by atoms with E-state index in [2.05, 4.69) is 13.0 Å². The van der Waals surface area contributed by atoms with Gasteiger partial charge in [-0.15, -0.1) is 0 Å². The minimum absolute atomic E-state index is 0.0253. The Morgan fingerprint density at radius 1 is 1.11 bits per heavy atom. The number of fused-ring (bicyclic) bond motifs is 3. The van der Waals surface area contributed by atoms with Gasteiger partial charge in [-0.1, -0.05) is 49.4 Å². The van der Waals surface area contributed by atoms with Crippen LogP contribution in [-0.2, 0) is 27.2 Å². The summed E-state index contributed by atoms with van der Waals surface area (Å²) in [7, 11) is 1.65. The van der Waals surface area contributed by atoms with Crippen molar-refractivity contribution in [1.82, 2.24) is 0 Å². The van der Waals surface area contributed by atoms with Gasteiger partial charge in [0.1, 0.15) is 18.1 Å². The molecule has 1 unspecified atom stereocenters. The minimum Gasteiger partial charge on any atom is -0.497 e. The summed E-state index contributed by atoms with van der Waals surface area (Å²) in [4.78, 5) is 12.5. The monoisotopic (exact) mass is 362 g/mol. The fourth-order valence-corrected chi connectivity index (χ4v) is 3.57. The number of rotatable bonds is 5. The SMILES string of the molecule is CCc1ccc2c(c1)C(=O)OC1=CC(OCc3ccccc3)=C(OC)CC12. The molecule has 2 aromatic rings. The molecular weight excluding hydrogens is 340 g/mol. The van der Waals surface area contributed by atoms with Gasteiger partial charge in [0.2, 0.25) is 0 Å². The Labute approximate surface area is 159 Å². The molecule has 1 heterocycles. The van der Waals surface area contributed by atoms with Crippen LogP contribution >= 0.6 is 0 Å². The van der Waals surface area contributed by atoms with Gasteiger partial charge in [-0.25, -0.2) is 4.79 Å². The Bertz CT molecular complexity index is 925. The van der Waals surface area contributed by atoms with E-state index in [0.717, 1.165) is 28.9 Å². The molecular formula is C23H22O4. The molecule has 2 aromatic carbocycles. The predicted octanol–water partition coefficient (Wildman–Crippen LogP) is 4.87. The zero-order chi connectivity index (χ0) is 18.8. The van der Waals surface area contributed by atoms with Crippen molar-refractivity contribution in [2.24, 2.45) is 0 Å². The van der Waals surface area contributed by atoms with E-state index in [1.165, 1.54) is 0 Å². The zero-order valence-electron chi connectivity index (χ0n) is 15.5. The van der Waals surface area contributed by atoms with Gasteiger partial charge >= 0.3 is 5.97 Å². The van der Waals surface area contributed by atoms with Gasteiger partial charge in [-0.3, -0.25) is 0 Å². The van der Waals surface area contributed by atoms with E-state index in [0.29, 0.717) is 30.1 Å². The summed E-state index contributed by atoms with van der Waals surface area (Å²) in [5.41, 5.74) is 3.84. The Morgan fingerprint density at radius 3 is 2.67 bits per heavy atom. The van der Waals surface area contributed by atoms with E-state index in [9.17, 15) is 4.79 Å². The summed E-state index contributed by atoms with van der Waals surface area (Å²) in [5.74, 6) is 1.69. The summed E-state index contributed by atoms with van der Waals surface area (Å²) in [6.45, 7) is 2.51. The minimum atomic E-state index is -0.300. The number of esters is 1. The third kappa shape index (κ3) is 3.35. The van der Waals surface area contributed by atoms with Crippen molar-refractivity contribution in [3.05, 3.63) is 94.1 Å². The van der Waals surface area contributed by atoms with Gasteiger partial charge in [0.15, 0.2) is 5.76 Å². The number of hydrogen-bond donors (Lipinski definition) is 0. The lowest BCUT2D eigenvalue weighted by Crippen LogP contribution is -2.24. The number of ether oxygens (including phenoxy) is 3. The number of carbonyl (C=O) groups excluding carboxylic acids is 1. The van der Waals surface area contributed by atoms with Crippen molar-refractivity contribution in [3.8, 4) is 0 Å². The quantitative estimate of drug-likeness (QED) is 0.712. The lowest BCUT2D eigenvalue weighted by molar-refractivity contribution is 0.0560. The smallest absolute Gasteiger partial charge is 0.343 e. The molecule has 0 spiro atoms. The summed E-state index contributed by atoms with van der Waals surface area (Å²) < 4.78 is 17.2. The van der Waals surface area contributed by atoms with E-state index >= 15 is 0 Å². The van der Waals surface area contributed by atoms with Gasteiger partial charge in [0, 0.05) is 12.5 Å². The molecule has 1 aliphatic carbocycles. The number of hydrogen-bond acceptors (Lipinski definition) is 4. The lowest BCUT2D eigenvalue weighted by atomic mass is 9.83. The number of aryl methyl sites for hydroxylation is 1. The molecule has 2 aliphatic rings. The molecule has 27 heavy (non-hydrogen) atoms. The van der Waals surface area contributed by atoms with Crippen LogP contribution in [0.2, 0.25) is 0 Å². The van der Waals surface area contributed by atoms with Crippen LogP contribution in [0.25, 0.3) is 0 Å². The Hall–Kier alpha value is -3.01. The molecule has 0 radical (unpaired) electrons. The Kier molecular flexibility index (Phi) is 4.71. The third-order valence-corrected chi connectivity index (χ3v) is 5.10. The molecule has 0 N–H and O–H groups in total. The first-order chi connectivity index (χ1) is 13.2. The highest BCUT2D eigenvalue weighted by Gasteiger charge is 2.36. The van der Waals surface area contributed by atoms with Crippen molar-refractivity contribution in [2.75, 3.05) is 7.11 Å². The number of allylic oxidation sites excluding steroid dienone is 3. The molecule has 0 amide bonds. The van der Waals surface area contributed by atoms with E-state index in [-0.39, 0.29) is 11.9 Å². The average Bonchev–Trinajstić information content (AvgIpc) is 2.72. The van der Waals surface area contributed by atoms with Crippen LogP contribution in [0.15, 0.2) is 71.9 Å². The molecule has 4 rings (SSSR count). The highest BCUT2D eigenvalue weighted by Crippen LogP contribution is 2.43. The zero-order valence-corrected chi connectivity index (χ0v) is 15.5. The Morgan fingerprint density at radius 2 is 1.93 bits per heavy atom. The van der Waals surface area contributed by atoms with Gasteiger partial charge in [0.05, 0.1) is 18.6 Å². The molecule has 0 aromatic heterocycles. The third-order valence-electron chi connectivity index (χ3n) is 5.10. The van der Waals surface area contributed by atoms with Crippen molar-refractivity contribution in [1.29, 1.82) is 0 Å². The van der Waals surface area contributed by atoms with E-state index in [1.54, 1.807) is 13.2 Å². The second-order valence-corrected chi connectivity index (χ2v) is 6.73. The average molecular weight is 362 g/mol. The van der Waals surface area contributed by atoms with Gasteiger partial charge in [-0.05, 0) is 29.2 Å². The van der Waals surface area contributed by atoms with Gasteiger partial charge in [0.25, 0.3) is 0 Å². The van der Waals surface area contributed by atoms with Crippen molar-refractivity contribution in [3.63, 3.8) is 0 Å². The largest absolute Gasteiger partial charge is 0.497 e. The van der Waals surface area contributed by atoms with Crippen LogP contribution < -0.4 is 0 Å². The number of methoxy groups -OCH3 is 1. The standard InChI is InChI=1S/C23H22O4/c1-3-15-9-10-17-18-12-21(25-2)22(26-14-16-7-5-4-6-8-16)13-20(18)27-23(24)19(17)11-15/h4-11,13,18H,3,12,14H2,1-2H3. The first-order valence-corrected chi connectivity index (χ1v) is 9.20. The highest BCUT2D eigenvalue weighted by molar-refractivity contribution is 5.94. The lowest BCUT2D eigenvalue weighted by Gasteiger charge is -2.31. The van der Waals surface area contributed by atoms with Crippen LogP contribution in [0, 0.1) is 0 Å². The maximum Gasteiger partial charge on any atom is 0.343 e. The highest BCUT2D eigenvalue weighted by atomic mass is 16.5. The topological polar surface area (TPSA) is 44.8 Å². The summed E-state index contributed by atoms with van der Waals surface area (Å²) in [6, 6.07) is 16.0. The van der Waals surface area contributed by atoms with Crippen molar-refractivity contribution >= 4 is 5.97 Å². The molecule has 0 saturated carbocycles. The molecule has 0 saturated heterocycles. The molecule has 1 aliphatic heterocycles. The number of benzene rings is 2. The molecule has 0 bridgehead atoms. The van der Waals surface area contributed by atoms with E-state index in [4.69, 9.17) is 14.2 Å². The van der Waals surface area contributed by atoms with Gasteiger partial charge < -0.3 is 14.2 Å². The first kappa shape index (κ1) is 17.4. The van der Waals surface area contributed by atoms with Crippen molar-refractivity contribution < 1.29 is 19.0 Å². The predicted molar refractivity (Wildman–Crippen MR) is 102 cm³/mol. The maximum absolute atomic E-state index is 12.5. The van der Waals surface area contributed by atoms with E-state index in [1.807, 2.05) is 42.5 Å². The molecule has 0 fully saturated rings. The van der Waals surface area contributed by atoms with Crippen LogP contribution in [0.3, 0.4) is 0 Å². The summed E-state index contributed by atoms with van der Waals surface area (Å²) >= 11 is 0. The van der Waals surface area contributed by atoms with Crippen LogP contribution in [0.1, 0.15) is 46.3 Å².